The minimum Gasteiger partial charge on any atom is -0.486 e. The highest BCUT2D eigenvalue weighted by Gasteiger charge is 2.16. The van der Waals surface area contributed by atoms with Crippen molar-refractivity contribution in [2.75, 3.05) is 13.2 Å². The maximum atomic E-state index is 11.4. The number of aromatic nitrogens is 1. The number of benzene rings is 1. The third-order valence-electron chi connectivity index (χ3n) is 2.73. The first-order valence-corrected chi connectivity index (χ1v) is 6.18. The van der Waals surface area contributed by atoms with E-state index in [2.05, 4.69) is 4.98 Å². The molecule has 0 atom stereocenters. The Morgan fingerprint density at radius 1 is 1.17 bits per heavy atom. The van der Waals surface area contributed by atoms with Crippen LogP contribution in [-0.4, -0.2) is 18.2 Å². The molecule has 1 N–H and O–H groups in total. The normalized spacial score (nSPS) is 12.8. The summed E-state index contributed by atoms with van der Waals surface area (Å²) in [4.78, 5) is 14.2. The van der Waals surface area contributed by atoms with E-state index in [0.717, 1.165) is 16.5 Å². The predicted molar refractivity (Wildman–Crippen MR) is 71.6 cm³/mol. The zero-order valence-electron chi connectivity index (χ0n) is 10.9. The molecule has 0 aliphatic carbocycles. The van der Waals surface area contributed by atoms with Crippen LogP contribution in [0.3, 0.4) is 0 Å². The van der Waals surface area contributed by atoms with Crippen molar-refractivity contribution < 1.29 is 9.47 Å². The molecule has 0 saturated heterocycles. The summed E-state index contributed by atoms with van der Waals surface area (Å²) in [6, 6.07) is 5.40. The Morgan fingerprint density at radius 3 is 2.67 bits per heavy atom. The molecule has 0 saturated carbocycles. The van der Waals surface area contributed by atoms with Crippen molar-refractivity contribution in [3.05, 3.63) is 34.1 Å². The Labute approximate surface area is 106 Å². The molecule has 2 heterocycles. The Morgan fingerprint density at radius 2 is 1.89 bits per heavy atom. The van der Waals surface area contributed by atoms with Crippen LogP contribution in [-0.2, 0) is 0 Å². The molecule has 1 aliphatic rings. The van der Waals surface area contributed by atoms with Crippen LogP contribution in [0.1, 0.15) is 19.4 Å². The van der Waals surface area contributed by atoms with Gasteiger partial charge in [-0.15, -0.1) is 0 Å². The van der Waals surface area contributed by atoms with E-state index in [1.54, 1.807) is 6.07 Å². The maximum absolute atomic E-state index is 11.4. The van der Waals surface area contributed by atoms with Gasteiger partial charge < -0.3 is 14.5 Å². The highest BCUT2D eigenvalue weighted by molar-refractivity contribution is 5.89. The summed E-state index contributed by atoms with van der Waals surface area (Å²) in [6.07, 6.45) is 0. The molecule has 4 heteroatoms. The number of ether oxygens (including phenoxy) is 2. The van der Waals surface area contributed by atoms with Crippen molar-refractivity contribution in [1.29, 1.82) is 0 Å². The fourth-order valence-corrected chi connectivity index (χ4v) is 2.00. The molecule has 0 amide bonds. The standard InChI is InChI=1S/C12H11NO3.C2H6/c1-7-6-10(14)13-11-8(7)2-3-9-12(11)16-5-4-15-9;1-2/h2-3,6H,4-5H2,1H3,(H,13,14);1-2H3. The molecular weight excluding hydrogens is 230 g/mol. The van der Waals surface area contributed by atoms with Crippen molar-refractivity contribution in [1.82, 2.24) is 4.98 Å². The average molecular weight is 247 g/mol. The van der Waals surface area contributed by atoms with Gasteiger partial charge in [0.25, 0.3) is 0 Å². The van der Waals surface area contributed by atoms with Crippen LogP contribution in [0, 0.1) is 6.92 Å². The van der Waals surface area contributed by atoms with E-state index in [0.29, 0.717) is 24.7 Å². The number of nitrogens with one attached hydrogen (secondary N) is 1. The summed E-state index contributed by atoms with van der Waals surface area (Å²) in [6.45, 7) is 6.98. The number of aromatic amines is 1. The fraction of sp³-hybridized carbons (Fsp3) is 0.357. The number of hydrogen-bond acceptors (Lipinski definition) is 3. The first-order chi connectivity index (χ1) is 8.75. The molecule has 4 nitrogen and oxygen atoms in total. The summed E-state index contributed by atoms with van der Waals surface area (Å²) in [5.74, 6) is 1.34. The quantitative estimate of drug-likeness (QED) is 0.778. The molecule has 2 aromatic rings. The first kappa shape index (κ1) is 12.5. The highest BCUT2D eigenvalue weighted by atomic mass is 16.6. The smallest absolute Gasteiger partial charge is 0.248 e. The van der Waals surface area contributed by atoms with Crippen LogP contribution in [0.4, 0.5) is 0 Å². The summed E-state index contributed by atoms with van der Waals surface area (Å²) in [5.41, 5.74) is 1.55. The first-order valence-electron chi connectivity index (χ1n) is 6.18. The molecule has 1 aromatic carbocycles. The topological polar surface area (TPSA) is 51.3 Å². The van der Waals surface area contributed by atoms with E-state index in [1.807, 2.05) is 32.9 Å². The van der Waals surface area contributed by atoms with Gasteiger partial charge in [-0.1, -0.05) is 13.8 Å². The number of fused-ring (bicyclic) bond motifs is 3. The van der Waals surface area contributed by atoms with Gasteiger partial charge in [-0.25, -0.2) is 0 Å². The molecule has 0 bridgehead atoms. The summed E-state index contributed by atoms with van der Waals surface area (Å²) < 4.78 is 11.0. The Hall–Kier alpha value is -1.97. The Balaban J connectivity index is 0.000000574. The molecule has 96 valence electrons. The van der Waals surface area contributed by atoms with Gasteiger partial charge in [0, 0.05) is 11.5 Å². The lowest BCUT2D eigenvalue weighted by molar-refractivity contribution is 0.173. The lowest BCUT2D eigenvalue weighted by Crippen LogP contribution is -2.16. The minimum atomic E-state index is -0.118. The molecule has 3 rings (SSSR count). The number of pyridine rings is 1. The molecule has 0 fully saturated rings. The van der Waals surface area contributed by atoms with E-state index in [9.17, 15) is 4.79 Å². The number of H-pyrrole nitrogens is 1. The predicted octanol–water partition coefficient (Wildman–Crippen LogP) is 2.63. The Bertz CT molecular complexity index is 616. The van der Waals surface area contributed by atoms with Gasteiger partial charge in [-0.3, -0.25) is 4.79 Å². The van der Waals surface area contributed by atoms with Gasteiger partial charge >= 0.3 is 0 Å². The zero-order chi connectivity index (χ0) is 13.1. The van der Waals surface area contributed by atoms with Gasteiger partial charge in [0.2, 0.25) is 5.56 Å². The lowest BCUT2D eigenvalue weighted by Gasteiger charge is -2.19. The van der Waals surface area contributed by atoms with Gasteiger partial charge in [-0.05, 0) is 24.6 Å². The molecule has 18 heavy (non-hydrogen) atoms. The third kappa shape index (κ3) is 2.06. The van der Waals surface area contributed by atoms with Crippen LogP contribution in [0.15, 0.2) is 23.0 Å². The van der Waals surface area contributed by atoms with Crippen molar-refractivity contribution in [3.8, 4) is 11.5 Å². The van der Waals surface area contributed by atoms with Gasteiger partial charge in [0.15, 0.2) is 11.5 Å². The largest absolute Gasteiger partial charge is 0.486 e. The molecule has 0 radical (unpaired) electrons. The average Bonchev–Trinajstić information content (AvgIpc) is 2.40. The number of aryl methyl sites for hydroxylation is 1. The maximum Gasteiger partial charge on any atom is 0.248 e. The van der Waals surface area contributed by atoms with Crippen LogP contribution >= 0.6 is 0 Å². The molecule has 1 aliphatic heterocycles. The van der Waals surface area contributed by atoms with E-state index in [1.165, 1.54) is 0 Å². The van der Waals surface area contributed by atoms with Gasteiger partial charge in [0.05, 0.1) is 5.52 Å². The third-order valence-corrected chi connectivity index (χ3v) is 2.73. The minimum absolute atomic E-state index is 0.118. The fourth-order valence-electron chi connectivity index (χ4n) is 2.00. The monoisotopic (exact) mass is 247 g/mol. The van der Waals surface area contributed by atoms with E-state index < -0.39 is 0 Å². The summed E-state index contributed by atoms with van der Waals surface area (Å²) in [5, 5.41) is 0.990. The van der Waals surface area contributed by atoms with Crippen LogP contribution in [0.25, 0.3) is 10.9 Å². The number of hydrogen-bond donors (Lipinski definition) is 1. The molecule has 1 aromatic heterocycles. The molecule has 0 spiro atoms. The van der Waals surface area contributed by atoms with Crippen LogP contribution in [0.5, 0.6) is 11.5 Å². The molecular formula is C14H17NO3. The second-order valence-corrected chi connectivity index (χ2v) is 3.83. The van der Waals surface area contributed by atoms with Crippen molar-refractivity contribution in [2.45, 2.75) is 20.8 Å². The summed E-state index contributed by atoms with van der Waals surface area (Å²) in [7, 11) is 0. The highest BCUT2D eigenvalue weighted by Crippen LogP contribution is 2.36. The van der Waals surface area contributed by atoms with Gasteiger partial charge in [0.1, 0.15) is 13.2 Å². The van der Waals surface area contributed by atoms with Crippen molar-refractivity contribution in [2.24, 2.45) is 0 Å². The second-order valence-electron chi connectivity index (χ2n) is 3.83. The van der Waals surface area contributed by atoms with Crippen molar-refractivity contribution in [3.63, 3.8) is 0 Å². The van der Waals surface area contributed by atoms with Crippen LogP contribution in [0.2, 0.25) is 0 Å². The second kappa shape index (κ2) is 5.12. The summed E-state index contributed by atoms with van der Waals surface area (Å²) >= 11 is 0. The number of rotatable bonds is 0. The van der Waals surface area contributed by atoms with E-state index >= 15 is 0 Å². The van der Waals surface area contributed by atoms with E-state index in [4.69, 9.17) is 9.47 Å². The van der Waals surface area contributed by atoms with Gasteiger partial charge in [-0.2, -0.15) is 0 Å². The van der Waals surface area contributed by atoms with Crippen molar-refractivity contribution >= 4 is 10.9 Å². The Kier molecular flexibility index (Phi) is 3.55. The molecule has 0 unspecified atom stereocenters. The van der Waals surface area contributed by atoms with E-state index in [-0.39, 0.29) is 5.56 Å². The lowest BCUT2D eigenvalue weighted by atomic mass is 10.1. The SMILES string of the molecule is CC.Cc1cc(=O)[nH]c2c3c(ccc12)OCCO3. The zero-order valence-corrected chi connectivity index (χ0v) is 10.9. The van der Waals surface area contributed by atoms with Crippen LogP contribution < -0.4 is 15.0 Å².